The molecule has 1 unspecified atom stereocenters. The Morgan fingerprint density at radius 1 is 1.27 bits per heavy atom. The highest BCUT2D eigenvalue weighted by Crippen LogP contribution is 2.25. The van der Waals surface area contributed by atoms with E-state index in [2.05, 4.69) is 26.1 Å². The summed E-state index contributed by atoms with van der Waals surface area (Å²) < 4.78 is 5.70. The van der Waals surface area contributed by atoms with Gasteiger partial charge >= 0.3 is 0 Å². The molecule has 0 aliphatic carbocycles. The molecule has 1 rings (SSSR count). The van der Waals surface area contributed by atoms with Crippen LogP contribution in [0.25, 0.3) is 0 Å². The number of hydrogen-bond donors (Lipinski definition) is 1. The van der Waals surface area contributed by atoms with E-state index in [0.717, 1.165) is 26.1 Å². The molecule has 0 aromatic rings. The van der Waals surface area contributed by atoms with E-state index in [-0.39, 0.29) is 0 Å². The minimum Gasteiger partial charge on any atom is -0.376 e. The largest absolute Gasteiger partial charge is 0.376 e. The third-order valence-corrected chi connectivity index (χ3v) is 2.15. The van der Waals surface area contributed by atoms with E-state index in [0.29, 0.717) is 11.5 Å². The van der Waals surface area contributed by atoms with Gasteiger partial charge in [0.05, 0.1) is 12.7 Å². The van der Waals surface area contributed by atoms with Crippen LogP contribution in [0.1, 0.15) is 27.2 Å². The van der Waals surface area contributed by atoms with Crippen LogP contribution in [0.2, 0.25) is 0 Å². The second-order valence-electron chi connectivity index (χ2n) is 4.26. The van der Waals surface area contributed by atoms with Crippen LogP contribution in [0.15, 0.2) is 0 Å². The fraction of sp³-hybridized carbons (Fsp3) is 1.00. The minimum absolute atomic E-state index is 0.298. The van der Waals surface area contributed by atoms with Crippen molar-refractivity contribution < 1.29 is 4.74 Å². The van der Waals surface area contributed by atoms with E-state index in [1.165, 1.54) is 0 Å². The Kier molecular flexibility index (Phi) is 2.90. The lowest BCUT2D eigenvalue weighted by molar-refractivity contribution is -0.00915. The maximum absolute atomic E-state index is 5.70. The second kappa shape index (κ2) is 3.55. The molecule has 1 aliphatic heterocycles. The molecule has 0 amide bonds. The lowest BCUT2D eigenvalue weighted by Crippen LogP contribution is -2.29. The first-order valence-electron chi connectivity index (χ1n) is 4.43. The van der Waals surface area contributed by atoms with Crippen LogP contribution in [0.4, 0.5) is 0 Å². The molecule has 2 nitrogen and oxygen atoms in total. The van der Waals surface area contributed by atoms with Gasteiger partial charge in [-0.05, 0) is 18.4 Å². The molecule has 0 saturated carbocycles. The zero-order valence-electron chi connectivity index (χ0n) is 7.81. The average molecular weight is 157 g/mol. The Labute approximate surface area is 69.3 Å². The summed E-state index contributed by atoms with van der Waals surface area (Å²) in [5.41, 5.74) is 0.298. The van der Waals surface area contributed by atoms with E-state index < -0.39 is 0 Å². The second-order valence-corrected chi connectivity index (χ2v) is 4.26. The van der Waals surface area contributed by atoms with Gasteiger partial charge in [0.1, 0.15) is 0 Å². The van der Waals surface area contributed by atoms with Crippen LogP contribution in [0.3, 0.4) is 0 Å². The van der Waals surface area contributed by atoms with Crippen molar-refractivity contribution in [2.75, 3.05) is 19.7 Å². The van der Waals surface area contributed by atoms with Gasteiger partial charge in [0, 0.05) is 6.54 Å². The fourth-order valence-electron chi connectivity index (χ4n) is 1.40. The topological polar surface area (TPSA) is 21.3 Å². The van der Waals surface area contributed by atoms with Crippen LogP contribution in [-0.2, 0) is 4.74 Å². The van der Waals surface area contributed by atoms with Crippen molar-refractivity contribution in [1.82, 2.24) is 5.32 Å². The van der Waals surface area contributed by atoms with Crippen molar-refractivity contribution in [3.8, 4) is 0 Å². The first-order valence-corrected chi connectivity index (χ1v) is 4.43. The van der Waals surface area contributed by atoms with Crippen molar-refractivity contribution >= 4 is 0 Å². The maximum atomic E-state index is 5.70. The zero-order chi connectivity index (χ0) is 8.32. The highest BCUT2D eigenvalue weighted by Gasteiger charge is 2.25. The van der Waals surface area contributed by atoms with Crippen molar-refractivity contribution in [2.45, 2.75) is 33.3 Å². The quantitative estimate of drug-likeness (QED) is 0.574. The molecule has 1 saturated heterocycles. The summed E-state index contributed by atoms with van der Waals surface area (Å²) in [5, 5.41) is 3.32. The zero-order valence-corrected chi connectivity index (χ0v) is 7.81. The van der Waals surface area contributed by atoms with Gasteiger partial charge in [0.25, 0.3) is 0 Å². The molecule has 1 atom stereocenters. The normalized spacial score (nSPS) is 28.1. The van der Waals surface area contributed by atoms with E-state index >= 15 is 0 Å². The van der Waals surface area contributed by atoms with Crippen LogP contribution in [-0.4, -0.2) is 25.8 Å². The summed E-state index contributed by atoms with van der Waals surface area (Å²) in [4.78, 5) is 0. The number of ether oxygens (including phenoxy) is 1. The molecule has 0 aromatic carbocycles. The highest BCUT2D eigenvalue weighted by atomic mass is 16.5. The highest BCUT2D eigenvalue weighted by molar-refractivity contribution is 4.77. The summed E-state index contributed by atoms with van der Waals surface area (Å²) in [6, 6.07) is 0. The molecule has 0 bridgehead atoms. The Bertz CT molecular complexity index is 109. The lowest BCUT2D eigenvalue weighted by atomic mass is 9.87. The van der Waals surface area contributed by atoms with Crippen LogP contribution in [0, 0.1) is 5.41 Å². The van der Waals surface area contributed by atoms with Crippen LogP contribution in [0.5, 0.6) is 0 Å². The standard InChI is InChI=1S/C9H19NO/c1-9(2,3)8-4-5-10-6-7-11-8/h8,10H,4-7H2,1-3H3. The Morgan fingerprint density at radius 3 is 2.64 bits per heavy atom. The molecule has 0 radical (unpaired) electrons. The molecule has 66 valence electrons. The van der Waals surface area contributed by atoms with Crippen LogP contribution >= 0.6 is 0 Å². The van der Waals surface area contributed by atoms with Crippen molar-refractivity contribution in [3.05, 3.63) is 0 Å². The average Bonchev–Trinajstić information content (AvgIpc) is 2.10. The third kappa shape index (κ3) is 2.80. The SMILES string of the molecule is CC(C)(C)C1CCNCCO1. The molecular formula is C9H19NO. The molecule has 1 fully saturated rings. The van der Waals surface area contributed by atoms with E-state index in [9.17, 15) is 0 Å². The summed E-state index contributed by atoms with van der Waals surface area (Å²) in [5.74, 6) is 0. The van der Waals surface area contributed by atoms with Crippen molar-refractivity contribution in [2.24, 2.45) is 5.41 Å². The summed E-state index contributed by atoms with van der Waals surface area (Å²) in [6.07, 6.45) is 1.57. The van der Waals surface area contributed by atoms with Gasteiger partial charge in [-0.15, -0.1) is 0 Å². The fourth-order valence-corrected chi connectivity index (χ4v) is 1.40. The summed E-state index contributed by atoms with van der Waals surface area (Å²) in [6.45, 7) is 9.69. The molecule has 1 N–H and O–H groups in total. The van der Waals surface area contributed by atoms with Crippen molar-refractivity contribution in [1.29, 1.82) is 0 Å². The molecule has 1 heterocycles. The van der Waals surface area contributed by atoms with Gasteiger partial charge in [-0.3, -0.25) is 0 Å². The maximum Gasteiger partial charge on any atom is 0.0636 e. The Balaban J connectivity index is 2.43. The Hall–Kier alpha value is -0.0800. The van der Waals surface area contributed by atoms with Gasteiger partial charge in [0.15, 0.2) is 0 Å². The summed E-state index contributed by atoms with van der Waals surface area (Å²) >= 11 is 0. The van der Waals surface area contributed by atoms with Gasteiger partial charge in [0.2, 0.25) is 0 Å². The predicted octanol–water partition coefficient (Wildman–Crippen LogP) is 1.41. The first-order chi connectivity index (χ1) is 5.11. The molecule has 1 aliphatic rings. The van der Waals surface area contributed by atoms with Gasteiger partial charge in [-0.25, -0.2) is 0 Å². The van der Waals surface area contributed by atoms with Gasteiger partial charge < -0.3 is 10.1 Å². The van der Waals surface area contributed by atoms with Crippen molar-refractivity contribution in [3.63, 3.8) is 0 Å². The van der Waals surface area contributed by atoms with E-state index in [4.69, 9.17) is 4.74 Å². The molecule has 0 aromatic heterocycles. The third-order valence-electron chi connectivity index (χ3n) is 2.15. The lowest BCUT2D eigenvalue weighted by Gasteiger charge is -2.28. The van der Waals surface area contributed by atoms with Crippen LogP contribution < -0.4 is 5.32 Å². The number of nitrogens with one attached hydrogen (secondary N) is 1. The van der Waals surface area contributed by atoms with Gasteiger partial charge in [-0.1, -0.05) is 20.8 Å². The summed E-state index contributed by atoms with van der Waals surface area (Å²) in [7, 11) is 0. The van der Waals surface area contributed by atoms with E-state index in [1.54, 1.807) is 0 Å². The molecule has 11 heavy (non-hydrogen) atoms. The first kappa shape index (κ1) is 9.01. The monoisotopic (exact) mass is 157 g/mol. The smallest absolute Gasteiger partial charge is 0.0636 e. The predicted molar refractivity (Wildman–Crippen MR) is 46.7 cm³/mol. The minimum atomic E-state index is 0.298. The number of hydrogen-bond acceptors (Lipinski definition) is 2. The molecule has 2 heteroatoms. The Morgan fingerprint density at radius 2 is 2.00 bits per heavy atom. The molecular weight excluding hydrogens is 138 g/mol. The van der Waals surface area contributed by atoms with E-state index in [1.807, 2.05) is 0 Å². The van der Waals surface area contributed by atoms with Gasteiger partial charge in [-0.2, -0.15) is 0 Å². The number of rotatable bonds is 0. The molecule has 0 spiro atoms.